The molecule has 7 nitrogen and oxygen atoms in total. The number of ether oxygens (including phenoxy) is 2. The number of nitrogens with zero attached hydrogens (tertiary/aromatic N) is 1. The largest absolute Gasteiger partial charge is 0.467 e. The van der Waals surface area contributed by atoms with E-state index in [1.165, 1.54) is 30.7 Å². The molecule has 0 aliphatic carbocycles. The molecule has 2 saturated heterocycles. The third kappa shape index (κ3) is 2.55. The number of carbonyl (C=O) groups is 3. The Bertz CT molecular complexity index is 416. The molecule has 1 amide bonds. The van der Waals surface area contributed by atoms with Crippen LogP contribution in [-0.4, -0.2) is 59.2 Å². The van der Waals surface area contributed by atoms with Crippen LogP contribution >= 0.6 is 11.8 Å². The van der Waals surface area contributed by atoms with E-state index in [0.29, 0.717) is 5.75 Å². The van der Waals surface area contributed by atoms with E-state index in [1.54, 1.807) is 0 Å². The van der Waals surface area contributed by atoms with E-state index in [9.17, 15) is 14.4 Å². The molecule has 2 fully saturated rings. The Morgan fingerprint density at radius 2 is 2.16 bits per heavy atom. The maximum Gasteiger partial charge on any atom is 0.328 e. The molecule has 2 rings (SSSR count). The topological polar surface area (TPSA) is 98.9 Å². The molecule has 2 aliphatic heterocycles. The SMILES string of the molecule is COC(=O)[C@@H]1C[C@@H](OC(C)=O)C2SC[C@H](N)C(=O)N21. The zero-order valence-corrected chi connectivity index (χ0v) is 11.5. The first-order valence-electron chi connectivity index (χ1n) is 5.90. The summed E-state index contributed by atoms with van der Waals surface area (Å²) in [6, 6.07) is -1.37. The molecular weight excluding hydrogens is 272 g/mol. The maximum atomic E-state index is 12.1. The van der Waals surface area contributed by atoms with Crippen molar-refractivity contribution in [1.29, 1.82) is 0 Å². The molecular formula is C11H16N2O5S. The van der Waals surface area contributed by atoms with E-state index in [4.69, 9.17) is 15.2 Å². The average molecular weight is 288 g/mol. The lowest BCUT2D eigenvalue weighted by Gasteiger charge is -2.36. The normalized spacial score (nSPS) is 33.8. The van der Waals surface area contributed by atoms with Crippen LogP contribution in [0, 0.1) is 0 Å². The lowest BCUT2D eigenvalue weighted by molar-refractivity contribution is -0.151. The summed E-state index contributed by atoms with van der Waals surface area (Å²) in [6.45, 7) is 1.30. The summed E-state index contributed by atoms with van der Waals surface area (Å²) in [4.78, 5) is 36.3. The second-order valence-corrected chi connectivity index (χ2v) is 5.65. The highest BCUT2D eigenvalue weighted by atomic mass is 32.2. The highest BCUT2D eigenvalue weighted by molar-refractivity contribution is 8.00. The molecule has 1 unspecified atom stereocenters. The summed E-state index contributed by atoms with van der Waals surface area (Å²) < 4.78 is 9.88. The first kappa shape index (κ1) is 14.1. The number of amides is 1. The molecule has 0 aromatic heterocycles. The van der Waals surface area contributed by atoms with E-state index in [1.807, 2.05) is 0 Å². The van der Waals surface area contributed by atoms with Gasteiger partial charge in [0.15, 0.2) is 0 Å². The standard InChI is InChI=1S/C11H16N2O5S/c1-5(14)18-8-3-7(11(16)17-2)13-9(15)6(12)4-19-10(8)13/h6-8,10H,3-4,12H2,1-2H3/t6-,7-,8+,10?/m0/s1. The zero-order chi connectivity index (χ0) is 14.2. The van der Waals surface area contributed by atoms with E-state index in [-0.39, 0.29) is 17.7 Å². The quantitative estimate of drug-likeness (QED) is 0.657. The van der Waals surface area contributed by atoms with Crippen LogP contribution in [0.3, 0.4) is 0 Å². The van der Waals surface area contributed by atoms with Gasteiger partial charge in [-0.2, -0.15) is 0 Å². The second-order valence-electron chi connectivity index (χ2n) is 4.50. The highest BCUT2D eigenvalue weighted by Crippen LogP contribution is 2.38. The molecule has 4 atom stereocenters. The molecule has 19 heavy (non-hydrogen) atoms. The Morgan fingerprint density at radius 3 is 2.74 bits per heavy atom. The first-order valence-corrected chi connectivity index (χ1v) is 6.95. The summed E-state index contributed by atoms with van der Waals surface area (Å²) in [5.41, 5.74) is 5.71. The van der Waals surface area contributed by atoms with E-state index < -0.39 is 30.1 Å². The van der Waals surface area contributed by atoms with Gasteiger partial charge >= 0.3 is 11.9 Å². The van der Waals surface area contributed by atoms with Crippen LogP contribution < -0.4 is 5.73 Å². The van der Waals surface area contributed by atoms with Crippen LogP contribution in [0.15, 0.2) is 0 Å². The Kier molecular flexibility index (Phi) is 4.00. The molecule has 0 spiro atoms. The van der Waals surface area contributed by atoms with Gasteiger partial charge in [0.05, 0.1) is 13.2 Å². The predicted octanol–water partition coefficient (Wildman–Crippen LogP) is -0.908. The summed E-state index contributed by atoms with van der Waals surface area (Å²) in [7, 11) is 1.26. The van der Waals surface area contributed by atoms with Crippen molar-refractivity contribution < 1.29 is 23.9 Å². The predicted molar refractivity (Wildman–Crippen MR) is 67.0 cm³/mol. The zero-order valence-electron chi connectivity index (χ0n) is 10.7. The summed E-state index contributed by atoms with van der Waals surface area (Å²) >= 11 is 1.42. The Hall–Kier alpha value is -1.28. The molecule has 0 saturated carbocycles. The van der Waals surface area contributed by atoms with Gasteiger partial charge in [0.1, 0.15) is 17.5 Å². The fraction of sp³-hybridized carbons (Fsp3) is 0.727. The summed E-state index contributed by atoms with van der Waals surface area (Å²) in [5.74, 6) is -0.791. The third-order valence-electron chi connectivity index (χ3n) is 3.19. The Labute approximate surface area is 114 Å². The van der Waals surface area contributed by atoms with E-state index >= 15 is 0 Å². The average Bonchev–Trinajstić information content (AvgIpc) is 2.71. The molecule has 0 bridgehead atoms. The minimum atomic E-state index is -0.731. The third-order valence-corrected chi connectivity index (χ3v) is 4.62. The minimum Gasteiger partial charge on any atom is -0.467 e. The highest BCUT2D eigenvalue weighted by Gasteiger charge is 2.52. The molecule has 2 aliphatic rings. The molecule has 0 radical (unpaired) electrons. The van der Waals surface area contributed by atoms with Crippen LogP contribution in [0.5, 0.6) is 0 Å². The number of hydrogen-bond acceptors (Lipinski definition) is 7. The number of rotatable bonds is 2. The van der Waals surface area contributed by atoms with Gasteiger partial charge in [-0.25, -0.2) is 4.79 Å². The van der Waals surface area contributed by atoms with Gasteiger partial charge in [0.25, 0.3) is 0 Å². The number of fused-ring (bicyclic) bond motifs is 1. The van der Waals surface area contributed by atoms with Gasteiger partial charge in [-0.3, -0.25) is 9.59 Å². The van der Waals surface area contributed by atoms with Gasteiger partial charge in [0, 0.05) is 19.1 Å². The summed E-state index contributed by atoms with van der Waals surface area (Å²) in [6.07, 6.45) is -0.245. The van der Waals surface area contributed by atoms with E-state index in [0.717, 1.165) is 0 Å². The maximum absolute atomic E-state index is 12.1. The van der Waals surface area contributed by atoms with Crippen molar-refractivity contribution in [2.45, 2.75) is 36.9 Å². The molecule has 0 aromatic rings. The van der Waals surface area contributed by atoms with Gasteiger partial charge in [0.2, 0.25) is 5.91 Å². The van der Waals surface area contributed by atoms with E-state index in [2.05, 4.69) is 0 Å². The smallest absolute Gasteiger partial charge is 0.328 e. The lowest BCUT2D eigenvalue weighted by Crippen LogP contribution is -2.56. The number of nitrogens with two attached hydrogens (primary N) is 1. The van der Waals surface area contributed by atoms with Crippen LogP contribution in [-0.2, 0) is 23.9 Å². The second kappa shape index (κ2) is 5.38. The van der Waals surface area contributed by atoms with Crippen LogP contribution in [0.4, 0.5) is 0 Å². The van der Waals surface area contributed by atoms with Crippen LogP contribution in [0.1, 0.15) is 13.3 Å². The molecule has 2 N–H and O–H groups in total. The fourth-order valence-corrected chi connectivity index (χ4v) is 3.74. The number of carbonyl (C=O) groups excluding carboxylic acids is 3. The minimum absolute atomic E-state index is 0.252. The summed E-state index contributed by atoms with van der Waals surface area (Å²) in [5, 5.41) is -0.361. The molecule has 2 heterocycles. The Morgan fingerprint density at radius 1 is 1.47 bits per heavy atom. The lowest BCUT2D eigenvalue weighted by atomic mass is 10.2. The van der Waals surface area contributed by atoms with Crippen molar-refractivity contribution in [3.63, 3.8) is 0 Å². The van der Waals surface area contributed by atoms with Crippen molar-refractivity contribution in [2.75, 3.05) is 12.9 Å². The monoisotopic (exact) mass is 288 g/mol. The fourth-order valence-electron chi connectivity index (χ4n) is 2.40. The molecule has 106 valence electrons. The van der Waals surface area contributed by atoms with Crippen LogP contribution in [0.25, 0.3) is 0 Å². The first-order chi connectivity index (χ1) is 8.95. The van der Waals surface area contributed by atoms with Crippen molar-refractivity contribution >= 4 is 29.6 Å². The number of thioether (sulfide) groups is 1. The van der Waals surface area contributed by atoms with Crippen molar-refractivity contribution in [1.82, 2.24) is 4.90 Å². The Balaban J connectivity index is 2.24. The van der Waals surface area contributed by atoms with Gasteiger partial charge in [-0.1, -0.05) is 0 Å². The van der Waals surface area contributed by atoms with Crippen LogP contribution in [0.2, 0.25) is 0 Å². The van der Waals surface area contributed by atoms with Gasteiger partial charge in [-0.05, 0) is 0 Å². The molecule has 8 heteroatoms. The van der Waals surface area contributed by atoms with Crippen molar-refractivity contribution in [2.24, 2.45) is 5.73 Å². The van der Waals surface area contributed by atoms with Crippen molar-refractivity contribution in [3.8, 4) is 0 Å². The number of esters is 2. The van der Waals surface area contributed by atoms with Gasteiger partial charge < -0.3 is 20.1 Å². The number of methoxy groups -OCH3 is 1. The molecule has 0 aromatic carbocycles. The van der Waals surface area contributed by atoms with Gasteiger partial charge in [-0.15, -0.1) is 11.8 Å². The van der Waals surface area contributed by atoms with Crippen molar-refractivity contribution in [3.05, 3.63) is 0 Å². The number of hydrogen-bond donors (Lipinski definition) is 1.